The van der Waals surface area contributed by atoms with Crippen LogP contribution in [0.3, 0.4) is 0 Å². The van der Waals surface area contributed by atoms with Crippen LogP contribution in [0, 0.1) is 12.4 Å². The van der Waals surface area contributed by atoms with Crippen molar-refractivity contribution in [2.75, 3.05) is 11.9 Å². The molecule has 3 aromatic heterocycles. The minimum absolute atomic E-state index is 0.247. The fraction of sp³-hybridized carbons (Fsp3) is 0.200. The van der Waals surface area contributed by atoms with Crippen LogP contribution < -0.4 is 10.1 Å². The Hall–Kier alpha value is -3.93. The number of aryl methyl sites for hydroxylation is 1. The Morgan fingerprint density at radius 3 is 3.03 bits per heavy atom. The van der Waals surface area contributed by atoms with E-state index in [1.54, 1.807) is 33.7 Å². The van der Waals surface area contributed by atoms with Gasteiger partial charge in [0.1, 0.15) is 11.6 Å². The number of nitrogens with zero attached hydrogens (tertiary/aromatic N) is 6. The molecule has 1 aromatic carbocycles. The number of nitrogens with one attached hydrogen (secondary N) is 1. The molecule has 0 radical (unpaired) electrons. The van der Waals surface area contributed by atoms with Gasteiger partial charge in [0.15, 0.2) is 0 Å². The molecule has 8 nitrogen and oxygen atoms in total. The summed E-state index contributed by atoms with van der Waals surface area (Å²) in [6.45, 7) is 8.12. The molecule has 9 heteroatoms. The van der Waals surface area contributed by atoms with Crippen LogP contribution in [-0.4, -0.2) is 30.8 Å². The second-order valence-corrected chi connectivity index (χ2v) is 6.69. The molecule has 0 saturated carbocycles. The van der Waals surface area contributed by atoms with Gasteiger partial charge in [-0.05, 0) is 18.2 Å². The zero-order valence-electron chi connectivity index (χ0n) is 15.6. The van der Waals surface area contributed by atoms with E-state index in [1.807, 2.05) is 13.1 Å². The van der Waals surface area contributed by atoms with Crippen molar-refractivity contribution in [3.8, 4) is 17.0 Å². The fourth-order valence-electron chi connectivity index (χ4n) is 3.64. The SMILES string of the molecule is [C-]#[N+]c1cn2c(NCc3c(F)ccc4c3CCO4)ncc(-c3ccnn3C)c2n1. The predicted octanol–water partition coefficient (Wildman–Crippen LogP) is 3.37. The Balaban J connectivity index is 1.56. The van der Waals surface area contributed by atoms with Gasteiger partial charge in [-0.2, -0.15) is 5.10 Å². The van der Waals surface area contributed by atoms with Crippen molar-refractivity contribution in [3.63, 3.8) is 0 Å². The third-order valence-electron chi connectivity index (χ3n) is 5.05. The highest BCUT2D eigenvalue weighted by molar-refractivity contribution is 5.77. The number of benzene rings is 1. The van der Waals surface area contributed by atoms with Gasteiger partial charge in [-0.1, -0.05) is 11.6 Å². The van der Waals surface area contributed by atoms with Gasteiger partial charge in [0.2, 0.25) is 11.6 Å². The first-order chi connectivity index (χ1) is 14.2. The second kappa shape index (κ2) is 6.60. The molecule has 1 aliphatic rings. The summed E-state index contributed by atoms with van der Waals surface area (Å²) in [4.78, 5) is 12.4. The standard InChI is InChI=1S/C20H16FN7O/c1-22-18-11-28-19(26-18)14(16-5-7-25-27(16)2)10-24-20(28)23-9-13-12-6-8-29-17(12)4-3-15(13)21/h3-5,7,10-11H,6,8-9H2,2H3,(H,23,24). The van der Waals surface area contributed by atoms with Crippen LogP contribution in [0.15, 0.2) is 36.8 Å². The molecule has 5 rings (SSSR count). The number of aromatic nitrogens is 5. The smallest absolute Gasteiger partial charge is 0.288 e. The third-order valence-corrected chi connectivity index (χ3v) is 5.05. The lowest BCUT2D eigenvalue weighted by atomic mass is 10.0. The number of imidazole rings is 1. The molecular formula is C20H16FN7O. The second-order valence-electron chi connectivity index (χ2n) is 6.69. The van der Waals surface area contributed by atoms with E-state index in [0.717, 1.165) is 22.6 Å². The number of hydrogen-bond acceptors (Lipinski definition) is 5. The lowest BCUT2D eigenvalue weighted by molar-refractivity contribution is 0.356. The van der Waals surface area contributed by atoms with E-state index in [1.165, 1.54) is 6.07 Å². The molecule has 0 fully saturated rings. The van der Waals surface area contributed by atoms with Crippen LogP contribution in [0.5, 0.6) is 5.75 Å². The summed E-state index contributed by atoms with van der Waals surface area (Å²) >= 11 is 0. The summed E-state index contributed by atoms with van der Waals surface area (Å²) in [6.07, 6.45) is 5.67. The largest absolute Gasteiger partial charge is 0.493 e. The number of anilines is 1. The quantitative estimate of drug-likeness (QED) is 0.542. The Kier molecular flexibility index (Phi) is 3.91. The highest BCUT2D eigenvalue weighted by atomic mass is 19.1. The number of fused-ring (bicyclic) bond motifs is 2. The fourth-order valence-corrected chi connectivity index (χ4v) is 3.64. The normalized spacial score (nSPS) is 12.6. The first-order valence-electron chi connectivity index (χ1n) is 9.06. The topological polar surface area (TPSA) is 73.6 Å². The first-order valence-corrected chi connectivity index (χ1v) is 9.06. The lowest BCUT2D eigenvalue weighted by Gasteiger charge is -2.12. The van der Waals surface area contributed by atoms with Gasteiger partial charge in [0, 0.05) is 49.7 Å². The monoisotopic (exact) mass is 389 g/mol. The highest BCUT2D eigenvalue weighted by Crippen LogP contribution is 2.31. The Labute approximate surface area is 165 Å². The van der Waals surface area contributed by atoms with Gasteiger partial charge in [-0.3, -0.25) is 9.08 Å². The van der Waals surface area contributed by atoms with Gasteiger partial charge in [0.05, 0.1) is 17.9 Å². The van der Waals surface area contributed by atoms with Crippen LogP contribution >= 0.6 is 0 Å². The molecule has 0 atom stereocenters. The number of ether oxygens (including phenoxy) is 1. The lowest BCUT2D eigenvalue weighted by Crippen LogP contribution is -2.10. The van der Waals surface area contributed by atoms with Crippen LogP contribution in [0.1, 0.15) is 11.1 Å². The van der Waals surface area contributed by atoms with Gasteiger partial charge in [0.25, 0.3) is 5.82 Å². The van der Waals surface area contributed by atoms with Crippen molar-refractivity contribution in [1.82, 2.24) is 24.1 Å². The molecule has 0 amide bonds. The maximum atomic E-state index is 14.4. The van der Waals surface area contributed by atoms with Crippen molar-refractivity contribution >= 4 is 17.4 Å². The van der Waals surface area contributed by atoms with Crippen LogP contribution in [0.25, 0.3) is 21.7 Å². The van der Waals surface area contributed by atoms with Crippen molar-refractivity contribution in [2.24, 2.45) is 7.05 Å². The molecule has 144 valence electrons. The number of hydrogen-bond donors (Lipinski definition) is 1. The molecule has 1 N–H and O–H groups in total. The Morgan fingerprint density at radius 1 is 1.34 bits per heavy atom. The van der Waals surface area contributed by atoms with Crippen LogP contribution in [-0.2, 0) is 20.0 Å². The van der Waals surface area contributed by atoms with Gasteiger partial charge in [-0.15, -0.1) is 0 Å². The minimum Gasteiger partial charge on any atom is -0.493 e. The molecule has 0 unspecified atom stereocenters. The summed E-state index contributed by atoms with van der Waals surface area (Å²) in [6, 6.07) is 4.95. The summed E-state index contributed by atoms with van der Waals surface area (Å²) in [5.41, 5.74) is 3.62. The predicted molar refractivity (Wildman–Crippen MR) is 104 cm³/mol. The summed E-state index contributed by atoms with van der Waals surface area (Å²) < 4.78 is 23.4. The zero-order chi connectivity index (χ0) is 20.0. The molecule has 4 heterocycles. The molecule has 0 saturated heterocycles. The molecule has 0 aliphatic carbocycles. The first kappa shape index (κ1) is 17.2. The van der Waals surface area contributed by atoms with E-state index in [-0.39, 0.29) is 18.2 Å². The molecular weight excluding hydrogens is 373 g/mol. The molecule has 29 heavy (non-hydrogen) atoms. The van der Waals surface area contributed by atoms with Gasteiger partial charge in [-0.25, -0.2) is 9.37 Å². The maximum Gasteiger partial charge on any atom is 0.288 e. The molecule has 0 bridgehead atoms. The maximum absolute atomic E-state index is 14.4. The Morgan fingerprint density at radius 2 is 2.24 bits per heavy atom. The van der Waals surface area contributed by atoms with Gasteiger partial charge >= 0.3 is 0 Å². The third kappa shape index (κ3) is 2.77. The number of rotatable bonds is 4. The zero-order valence-corrected chi connectivity index (χ0v) is 15.6. The van der Waals surface area contributed by atoms with Crippen LogP contribution in [0.2, 0.25) is 0 Å². The Bertz CT molecular complexity index is 1280. The molecule has 0 spiro atoms. The summed E-state index contributed by atoms with van der Waals surface area (Å²) in [7, 11) is 1.83. The summed E-state index contributed by atoms with van der Waals surface area (Å²) in [5.74, 6) is 1.18. The number of halogens is 1. The average Bonchev–Trinajstić information content (AvgIpc) is 3.46. The van der Waals surface area contributed by atoms with E-state index in [9.17, 15) is 4.39 Å². The molecule has 1 aliphatic heterocycles. The van der Waals surface area contributed by atoms with Crippen molar-refractivity contribution < 1.29 is 9.13 Å². The highest BCUT2D eigenvalue weighted by Gasteiger charge is 2.21. The van der Waals surface area contributed by atoms with E-state index >= 15 is 0 Å². The van der Waals surface area contributed by atoms with E-state index in [4.69, 9.17) is 11.3 Å². The average molecular weight is 389 g/mol. The van der Waals surface area contributed by atoms with E-state index in [2.05, 4.69) is 25.2 Å². The minimum atomic E-state index is -0.281. The molecule has 4 aromatic rings. The van der Waals surface area contributed by atoms with Crippen LogP contribution in [0.4, 0.5) is 16.2 Å². The van der Waals surface area contributed by atoms with Crippen molar-refractivity contribution in [2.45, 2.75) is 13.0 Å². The van der Waals surface area contributed by atoms with Gasteiger partial charge < -0.3 is 14.9 Å². The van der Waals surface area contributed by atoms with E-state index < -0.39 is 0 Å². The van der Waals surface area contributed by atoms with Crippen molar-refractivity contribution in [3.05, 3.63) is 65.2 Å². The van der Waals surface area contributed by atoms with E-state index in [0.29, 0.717) is 30.2 Å². The van der Waals surface area contributed by atoms with Crippen molar-refractivity contribution in [1.29, 1.82) is 0 Å². The summed E-state index contributed by atoms with van der Waals surface area (Å²) in [5, 5.41) is 7.38.